The molecule has 1 amide bonds. The number of halogens is 3. The first kappa shape index (κ1) is 33.1. The van der Waals surface area contributed by atoms with Crippen molar-refractivity contribution in [3.63, 3.8) is 0 Å². The van der Waals surface area contributed by atoms with E-state index in [0.717, 1.165) is 33.8 Å². The zero-order chi connectivity index (χ0) is 33.5. The topological polar surface area (TPSA) is 64.8 Å². The van der Waals surface area contributed by atoms with Crippen LogP contribution < -0.4 is 14.9 Å². The van der Waals surface area contributed by atoms with Crippen LogP contribution in [-0.4, -0.2) is 23.3 Å². The van der Waals surface area contributed by atoms with Crippen LogP contribution in [0, 0.1) is 0 Å². The molecule has 0 atom stereocenters. The molecule has 1 aromatic heterocycles. The third-order valence-corrected chi connectivity index (χ3v) is 8.68. The molecular weight excluding hydrogens is 709 g/mol. The molecule has 1 heterocycles. The van der Waals surface area contributed by atoms with Gasteiger partial charge in [0.1, 0.15) is 6.61 Å². The van der Waals surface area contributed by atoms with Crippen LogP contribution in [0.2, 0.25) is 10.0 Å². The van der Waals surface area contributed by atoms with E-state index in [1.54, 1.807) is 36.5 Å². The van der Waals surface area contributed by atoms with Gasteiger partial charge in [-0.15, -0.1) is 0 Å². The highest BCUT2D eigenvalue weighted by atomic mass is 79.9. The van der Waals surface area contributed by atoms with E-state index in [-0.39, 0.29) is 12.5 Å². The van der Waals surface area contributed by atoms with Crippen molar-refractivity contribution in [1.29, 1.82) is 0 Å². The van der Waals surface area contributed by atoms with Crippen LogP contribution in [0.25, 0.3) is 28.2 Å². The molecule has 0 radical (unpaired) electrons. The number of amides is 1. The number of hydrogen-bond donors (Lipinski definition) is 1. The van der Waals surface area contributed by atoms with Crippen LogP contribution in [0.4, 0.5) is 0 Å². The molecule has 48 heavy (non-hydrogen) atoms. The maximum atomic E-state index is 13.1. The summed E-state index contributed by atoms with van der Waals surface area (Å²) >= 11 is 15.9. The van der Waals surface area contributed by atoms with E-state index in [4.69, 9.17) is 32.7 Å². The van der Waals surface area contributed by atoms with Crippen molar-refractivity contribution in [2.45, 2.75) is 13.5 Å². The summed E-state index contributed by atoms with van der Waals surface area (Å²) in [5.41, 5.74) is 9.84. The Bertz CT molecular complexity index is 2010. The van der Waals surface area contributed by atoms with Crippen LogP contribution in [-0.2, 0) is 6.61 Å². The molecule has 0 aliphatic rings. The van der Waals surface area contributed by atoms with Gasteiger partial charge in [0.25, 0.3) is 5.91 Å². The number of hydrazone groups is 1. The molecule has 9 heteroatoms. The van der Waals surface area contributed by atoms with Gasteiger partial charge in [-0.1, -0.05) is 89.9 Å². The van der Waals surface area contributed by atoms with Crippen molar-refractivity contribution in [2.24, 2.45) is 5.10 Å². The van der Waals surface area contributed by atoms with E-state index in [1.807, 2.05) is 67.6 Å². The van der Waals surface area contributed by atoms with Gasteiger partial charge in [0.15, 0.2) is 11.5 Å². The predicted molar refractivity (Wildman–Crippen MR) is 198 cm³/mol. The zero-order valence-electron chi connectivity index (χ0n) is 25.9. The second-order valence-electron chi connectivity index (χ2n) is 10.7. The number of nitrogens with one attached hydrogen (secondary N) is 1. The van der Waals surface area contributed by atoms with Crippen molar-refractivity contribution in [1.82, 2.24) is 9.99 Å². The van der Waals surface area contributed by atoms with Crippen molar-refractivity contribution in [3.8, 4) is 39.7 Å². The first-order valence-corrected chi connectivity index (χ1v) is 16.8. The minimum absolute atomic E-state index is 0.225. The van der Waals surface area contributed by atoms with Gasteiger partial charge in [0.05, 0.1) is 28.7 Å². The van der Waals surface area contributed by atoms with Crippen LogP contribution >= 0.6 is 39.1 Å². The summed E-state index contributed by atoms with van der Waals surface area (Å²) in [6.07, 6.45) is 1.55. The molecule has 6 rings (SSSR count). The van der Waals surface area contributed by atoms with Crippen LogP contribution in [0.15, 0.2) is 137 Å². The number of ether oxygens (including phenoxy) is 2. The molecular formula is C39H30BrCl2N3O3. The second kappa shape index (κ2) is 15.4. The summed E-state index contributed by atoms with van der Waals surface area (Å²) in [5, 5.41) is 5.28. The molecule has 0 spiro atoms. The summed E-state index contributed by atoms with van der Waals surface area (Å²) in [7, 11) is 0. The van der Waals surface area contributed by atoms with E-state index in [0.29, 0.717) is 43.8 Å². The second-order valence-corrected chi connectivity index (χ2v) is 12.4. The third kappa shape index (κ3) is 7.66. The fourth-order valence-corrected chi connectivity index (χ4v) is 6.27. The van der Waals surface area contributed by atoms with E-state index >= 15 is 0 Å². The van der Waals surface area contributed by atoms with Gasteiger partial charge in [0.2, 0.25) is 0 Å². The molecule has 0 fully saturated rings. The molecule has 0 bridgehead atoms. The van der Waals surface area contributed by atoms with Crippen molar-refractivity contribution in [3.05, 3.63) is 159 Å². The Morgan fingerprint density at radius 1 is 0.812 bits per heavy atom. The number of hydrogen-bond acceptors (Lipinski definition) is 4. The van der Waals surface area contributed by atoms with Crippen LogP contribution in [0.5, 0.6) is 11.5 Å². The standard InChI is InChI=1S/C39H30BrCl2N3O3/c1-2-47-37-22-26(21-33(40)38(37)48-25-30-13-16-31(41)23-34(30)42)24-43-44-39(46)29-14-17-32(18-15-29)45-35(27-9-5-3-6-10-27)19-20-36(45)28-11-7-4-8-12-28/h3-24H,2,25H2,1H3,(H,44,46)/b43-24-. The van der Waals surface area contributed by atoms with Crippen LogP contribution in [0.1, 0.15) is 28.4 Å². The highest BCUT2D eigenvalue weighted by Gasteiger charge is 2.16. The molecule has 5 aromatic carbocycles. The fourth-order valence-electron chi connectivity index (χ4n) is 5.23. The molecule has 0 unspecified atom stereocenters. The SMILES string of the molecule is CCOc1cc(/C=N\NC(=O)c2ccc(-n3c(-c4ccccc4)ccc3-c3ccccc3)cc2)cc(Br)c1OCc1ccc(Cl)cc1Cl. The molecule has 0 saturated heterocycles. The minimum Gasteiger partial charge on any atom is -0.490 e. The maximum absolute atomic E-state index is 13.1. The Hall–Kier alpha value is -4.82. The lowest BCUT2D eigenvalue weighted by Gasteiger charge is -2.15. The van der Waals surface area contributed by atoms with Crippen molar-refractivity contribution < 1.29 is 14.3 Å². The molecule has 0 aliphatic heterocycles. The number of aromatic nitrogens is 1. The quantitative estimate of drug-likeness (QED) is 0.106. The van der Waals surface area contributed by atoms with Gasteiger partial charge in [-0.05, 0) is 100 Å². The van der Waals surface area contributed by atoms with Gasteiger partial charge >= 0.3 is 0 Å². The Morgan fingerprint density at radius 2 is 1.46 bits per heavy atom. The minimum atomic E-state index is -0.333. The smallest absolute Gasteiger partial charge is 0.271 e. The predicted octanol–water partition coefficient (Wildman–Crippen LogP) is 10.6. The summed E-state index contributed by atoms with van der Waals surface area (Å²) < 4.78 is 14.8. The first-order valence-electron chi connectivity index (χ1n) is 15.2. The molecule has 240 valence electrons. The summed E-state index contributed by atoms with van der Waals surface area (Å²) in [6, 6.07) is 41.1. The largest absolute Gasteiger partial charge is 0.490 e. The summed E-state index contributed by atoms with van der Waals surface area (Å²) in [6.45, 7) is 2.55. The van der Waals surface area contributed by atoms with Gasteiger partial charge in [-0.25, -0.2) is 5.43 Å². The molecule has 0 aliphatic carbocycles. The average molecular weight is 739 g/mol. The van der Waals surface area contributed by atoms with Crippen molar-refractivity contribution in [2.75, 3.05) is 6.61 Å². The molecule has 6 nitrogen and oxygen atoms in total. The van der Waals surface area contributed by atoms with E-state index in [9.17, 15) is 4.79 Å². The Morgan fingerprint density at radius 3 is 2.06 bits per heavy atom. The monoisotopic (exact) mass is 737 g/mol. The average Bonchev–Trinajstić information content (AvgIpc) is 3.55. The Kier molecular flexibility index (Phi) is 10.6. The van der Waals surface area contributed by atoms with Gasteiger partial charge in [-0.2, -0.15) is 5.10 Å². The Balaban J connectivity index is 1.18. The summed E-state index contributed by atoms with van der Waals surface area (Å²) in [5.74, 6) is 0.716. The highest BCUT2D eigenvalue weighted by molar-refractivity contribution is 9.10. The third-order valence-electron chi connectivity index (χ3n) is 7.51. The van der Waals surface area contributed by atoms with Gasteiger partial charge in [-0.3, -0.25) is 4.79 Å². The number of nitrogens with zero attached hydrogens (tertiary/aromatic N) is 2. The van der Waals surface area contributed by atoms with Gasteiger partial charge in [0, 0.05) is 26.9 Å². The van der Waals surface area contributed by atoms with E-state index in [2.05, 4.69) is 67.4 Å². The van der Waals surface area contributed by atoms with E-state index < -0.39 is 0 Å². The molecule has 0 saturated carbocycles. The van der Waals surface area contributed by atoms with E-state index in [1.165, 1.54) is 0 Å². The lowest BCUT2D eigenvalue weighted by atomic mass is 10.1. The number of carbonyl (C=O) groups is 1. The zero-order valence-corrected chi connectivity index (χ0v) is 29.0. The molecule has 6 aromatic rings. The maximum Gasteiger partial charge on any atom is 0.271 e. The van der Waals surface area contributed by atoms with Crippen molar-refractivity contribution >= 4 is 51.3 Å². The van der Waals surface area contributed by atoms with Crippen LogP contribution in [0.3, 0.4) is 0 Å². The number of carbonyl (C=O) groups excluding carboxylic acids is 1. The number of benzene rings is 5. The first-order chi connectivity index (χ1) is 23.4. The normalized spacial score (nSPS) is 11.1. The fraction of sp³-hybridized carbons (Fsp3) is 0.0769. The molecule has 1 N–H and O–H groups in total. The lowest BCUT2D eigenvalue weighted by Crippen LogP contribution is -2.17. The lowest BCUT2D eigenvalue weighted by molar-refractivity contribution is 0.0955. The highest BCUT2D eigenvalue weighted by Crippen LogP contribution is 2.38. The number of rotatable bonds is 11. The summed E-state index contributed by atoms with van der Waals surface area (Å²) in [4.78, 5) is 13.1. The van der Waals surface area contributed by atoms with Gasteiger partial charge < -0.3 is 14.0 Å². The Labute approximate surface area is 297 Å².